The van der Waals surface area contributed by atoms with E-state index in [-0.39, 0.29) is 0 Å². The zero-order valence-electron chi connectivity index (χ0n) is 8.25. The van der Waals surface area contributed by atoms with Gasteiger partial charge in [0.2, 0.25) is 0 Å². The van der Waals surface area contributed by atoms with Gasteiger partial charge >= 0.3 is 0 Å². The third kappa shape index (κ3) is 1.35. The highest BCUT2D eigenvalue weighted by molar-refractivity contribution is 5.25. The lowest BCUT2D eigenvalue weighted by Gasteiger charge is -2.28. The second kappa shape index (κ2) is 3.11. The monoisotopic (exact) mass is 176 g/mol. The summed E-state index contributed by atoms with van der Waals surface area (Å²) in [6, 6.07) is 4.82. The quantitative estimate of drug-likeness (QED) is 0.704. The predicted molar refractivity (Wildman–Crippen MR) is 53.7 cm³/mol. The smallest absolute Gasteiger partial charge is 0.0270 e. The third-order valence-corrected chi connectivity index (χ3v) is 3.39. The van der Waals surface area contributed by atoms with E-state index in [9.17, 15) is 0 Å². The first-order chi connectivity index (χ1) is 6.23. The summed E-state index contributed by atoms with van der Waals surface area (Å²) >= 11 is 0. The van der Waals surface area contributed by atoms with Gasteiger partial charge in [-0.05, 0) is 37.6 Å². The van der Waals surface area contributed by atoms with Crippen molar-refractivity contribution in [1.29, 1.82) is 0 Å². The van der Waals surface area contributed by atoms with Gasteiger partial charge in [0.1, 0.15) is 0 Å². The van der Waals surface area contributed by atoms with Crippen LogP contribution >= 0.6 is 0 Å². The van der Waals surface area contributed by atoms with E-state index in [2.05, 4.69) is 36.3 Å². The molecule has 1 fully saturated rings. The minimum atomic E-state index is 0.295. The lowest BCUT2D eigenvalue weighted by atomic mass is 9.77. The molecular formula is C11H16N2. The lowest BCUT2D eigenvalue weighted by molar-refractivity contribution is 0.427. The zero-order valence-corrected chi connectivity index (χ0v) is 8.25. The number of hydrogen-bond donors (Lipinski definition) is 1. The van der Waals surface area contributed by atoms with E-state index < -0.39 is 0 Å². The van der Waals surface area contributed by atoms with Crippen molar-refractivity contribution in [1.82, 2.24) is 10.3 Å². The molecule has 0 aromatic carbocycles. The molecule has 2 heterocycles. The van der Waals surface area contributed by atoms with Crippen LogP contribution in [0.15, 0.2) is 24.5 Å². The Labute approximate surface area is 79.4 Å². The summed E-state index contributed by atoms with van der Waals surface area (Å²) in [5, 5.41) is 3.49. The van der Waals surface area contributed by atoms with Gasteiger partial charge in [-0.2, -0.15) is 0 Å². The van der Waals surface area contributed by atoms with Gasteiger partial charge < -0.3 is 5.32 Å². The fourth-order valence-corrected chi connectivity index (χ4v) is 2.12. The molecular weight excluding hydrogens is 160 g/mol. The Kier molecular flexibility index (Phi) is 2.08. The van der Waals surface area contributed by atoms with Crippen LogP contribution in [0.2, 0.25) is 0 Å². The van der Waals surface area contributed by atoms with Crippen LogP contribution < -0.4 is 5.32 Å². The molecule has 1 aromatic rings. The number of nitrogens with zero attached hydrogens (tertiary/aromatic N) is 1. The molecule has 2 heteroatoms. The van der Waals surface area contributed by atoms with Gasteiger partial charge in [0.05, 0.1) is 0 Å². The summed E-state index contributed by atoms with van der Waals surface area (Å²) < 4.78 is 0. The molecule has 0 bridgehead atoms. The van der Waals surface area contributed by atoms with E-state index in [1.165, 1.54) is 12.0 Å². The van der Waals surface area contributed by atoms with Gasteiger partial charge in [-0.3, -0.25) is 4.98 Å². The van der Waals surface area contributed by atoms with Crippen LogP contribution in [-0.4, -0.2) is 17.6 Å². The second-order valence-corrected chi connectivity index (χ2v) is 4.08. The molecule has 2 unspecified atom stereocenters. The highest BCUT2D eigenvalue weighted by Gasteiger charge is 2.36. The minimum Gasteiger partial charge on any atom is -0.313 e. The van der Waals surface area contributed by atoms with Crippen LogP contribution in [0, 0.1) is 0 Å². The molecule has 2 nitrogen and oxygen atoms in total. The van der Waals surface area contributed by atoms with Crippen molar-refractivity contribution >= 4 is 0 Å². The maximum atomic E-state index is 4.05. The maximum absolute atomic E-state index is 4.05. The van der Waals surface area contributed by atoms with E-state index in [0.717, 1.165) is 6.54 Å². The molecule has 0 spiro atoms. The Balaban J connectivity index is 2.34. The molecule has 0 aliphatic carbocycles. The summed E-state index contributed by atoms with van der Waals surface area (Å²) in [5.41, 5.74) is 1.70. The van der Waals surface area contributed by atoms with E-state index >= 15 is 0 Å². The van der Waals surface area contributed by atoms with Crippen LogP contribution in [0.4, 0.5) is 0 Å². The number of aromatic nitrogens is 1. The van der Waals surface area contributed by atoms with Crippen molar-refractivity contribution in [3.05, 3.63) is 30.1 Å². The molecule has 0 saturated carbocycles. The van der Waals surface area contributed by atoms with Crippen molar-refractivity contribution in [2.75, 3.05) is 6.54 Å². The van der Waals surface area contributed by atoms with Gasteiger partial charge in [0.15, 0.2) is 0 Å². The average Bonchev–Trinajstić information content (AvgIpc) is 2.50. The highest BCUT2D eigenvalue weighted by atomic mass is 15.0. The predicted octanol–water partition coefficient (Wildman–Crippen LogP) is 1.72. The number of nitrogens with one attached hydrogen (secondary N) is 1. The SMILES string of the molecule is CC1NCCC1(C)c1ccncc1. The second-order valence-electron chi connectivity index (χ2n) is 4.08. The van der Waals surface area contributed by atoms with Crippen LogP contribution in [0.3, 0.4) is 0 Å². The van der Waals surface area contributed by atoms with E-state index in [1.54, 1.807) is 0 Å². The van der Waals surface area contributed by atoms with Crippen molar-refractivity contribution in [3.8, 4) is 0 Å². The molecule has 1 aliphatic heterocycles. The molecule has 13 heavy (non-hydrogen) atoms. The van der Waals surface area contributed by atoms with Crippen LogP contribution in [0.25, 0.3) is 0 Å². The summed E-state index contributed by atoms with van der Waals surface area (Å²) in [6.45, 7) is 5.71. The zero-order chi connectivity index (χ0) is 9.31. The normalized spacial score (nSPS) is 33.5. The number of rotatable bonds is 1. The first kappa shape index (κ1) is 8.70. The summed E-state index contributed by atoms with van der Waals surface area (Å²) in [7, 11) is 0. The maximum Gasteiger partial charge on any atom is 0.0270 e. The molecule has 0 amide bonds. The van der Waals surface area contributed by atoms with E-state index in [0.29, 0.717) is 11.5 Å². The average molecular weight is 176 g/mol. The highest BCUT2D eigenvalue weighted by Crippen LogP contribution is 2.34. The first-order valence-electron chi connectivity index (χ1n) is 4.87. The van der Waals surface area contributed by atoms with Gasteiger partial charge in [-0.25, -0.2) is 0 Å². The largest absolute Gasteiger partial charge is 0.313 e. The van der Waals surface area contributed by atoms with Gasteiger partial charge in [-0.15, -0.1) is 0 Å². The molecule has 1 aliphatic rings. The Morgan fingerprint density at radius 2 is 2.15 bits per heavy atom. The molecule has 70 valence electrons. The first-order valence-corrected chi connectivity index (χ1v) is 4.87. The fraction of sp³-hybridized carbons (Fsp3) is 0.545. The van der Waals surface area contributed by atoms with Crippen molar-refractivity contribution in [3.63, 3.8) is 0 Å². The minimum absolute atomic E-state index is 0.295. The molecule has 1 aromatic heterocycles. The summed E-state index contributed by atoms with van der Waals surface area (Å²) in [6.07, 6.45) is 4.98. The van der Waals surface area contributed by atoms with Crippen molar-refractivity contribution < 1.29 is 0 Å². The third-order valence-electron chi connectivity index (χ3n) is 3.39. The van der Waals surface area contributed by atoms with Gasteiger partial charge in [-0.1, -0.05) is 6.92 Å². The topological polar surface area (TPSA) is 24.9 Å². The molecule has 1 saturated heterocycles. The van der Waals surface area contributed by atoms with Crippen LogP contribution in [0.5, 0.6) is 0 Å². The van der Waals surface area contributed by atoms with Crippen LogP contribution in [0.1, 0.15) is 25.8 Å². The van der Waals surface area contributed by atoms with Crippen molar-refractivity contribution in [2.45, 2.75) is 31.7 Å². The lowest BCUT2D eigenvalue weighted by Crippen LogP contribution is -2.35. The molecule has 0 radical (unpaired) electrons. The fourth-order valence-electron chi connectivity index (χ4n) is 2.12. The molecule has 2 atom stereocenters. The Morgan fingerprint density at radius 1 is 1.46 bits per heavy atom. The Morgan fingerprint density at radius 3 is 2.69 bits per heavy atom. The van der Waals surface area contributed by atoms with Gasteiger partial charge in [0.25, 0.3) is 0 Å². The number of hydrogen-bond acceptors (Lipinski definition) is 2. The van der Waals surface area contributed by atoms with Crippen molar-refractivity contribution in [2.24, 2.45) is 0 Å². The summed E-state index contributed by atoms with van der Waals surface area (Å²) in [5.74, 6) is 0. The summed E-state index contributed by atoms with van der Waals surface area (Å²) in [4.78, 5) is 4.05. The van der Waals surface area contributed by atoms with E-state index in [1.807, 2.05) is 12.4 Å². The van der Waals surface area contributed by atoms with Gasteiger partial charge in [0, 0.05) is 23.9 Å². The molecule has 2 rings (SSSR count). The standard InChI is InChI=1S/C11H16N2/c1-9-11(2,5-8-13-9)10-3-6-12-7-4-10/h3-4,6-7,9,13H,5,8H2,1-2H3. The molecule has 1 N–H and O–H groups in total. The Hall–Kier alpha value is -0.890. The van der Waals surface area contributed by atoms with Crippen LogP contribution in [-0.2, 0) is 5.41 Å². The number of pyridine rings is 1. The Bertz CT molecular complexity index is 283. The van der Waals surface area contributed by atoms with E-state index in [4.69, 9.17) is 0 Å².